The van der Waals surface area contributed by atoms with Gasteiger partial charge in [-0.25, -0.2) is 24.0 Å². The summed E-state index contributed by atoms with van der Waals surface area (Å²) in [5.74, 6) is -0.141. The fourth-order valence-electron chi connectivity index (χ4n) is 4.95. The molecule has 0 bridgehead atoms. The van der Waals surface area contributed by atoms with E-state index in [2.05, 4.69) is 30.3 Å². The molecule has 2 aromatic heterocycles. The lowest BCUT2D eigenvalue weighted by atomic mass is 10.1. The van der Waals surface area contributed by atoms with Crippen molar-refractivity contribution in [2.75, 3.05) is 25.1 Å². The molecule has 1 unspecified atom stereocenters. The lowest BCUT2D eigenvalue weighted by molar-refractivity contribution is -0.120. The number of aryl methyl sites for hydroxylation is 1. The molecule has 204 valence electrons. The molecular formula is C28H27FN8O3. The van der Waals surface area contributed by atoms with E-state index in [0.717, 1.165) is 24.5 Å². The first-order valence-electron chi connectivity index (χ1n) is 12.9. The third-order valence-electron chi connectivity index (χ3n) is 7.12. The molecule has 40 heavy (non-hydrogen) atoms. The zero-order valence-electron chi connectivity index (χ0n) is 22.0. The Hall–Kier alpha value is -4.71. The normalized spacial score (nSPS) is 17.0. The van der Waals surface area contributed by atoms with Crippen molar-refractivity contribution < 1.29 is 18.7 Å². The largest absolute Gasteiger partial charge is 0.489 e. The highest BCUT2D eigenvalue weighted by atomic mass is 19.1. The number of likely N-dealkylation sites (N-methyl/N-ethyl adjacent to an activating group) is 1. The summed E-state index contributed by atoms with van der Waals surface area (Å²) in [6, 6.07) is 11.0. The maximum Gasteiger partial charge on any atom is 0.289 e. The summed E-state index contributed by atoms with van der Waals surface area (Å²) in [7, 11) is 1.65. The van der Waals surface area contributed by atoms with Gasteiger partial charge in [-0.2, -0.15) is 5.10 Å². The molecule has 0 aliphatic carbocycles. The number of benzene rings is 2. The molecule has 0 spiro atoms. The summed E-state index contributed by atoms with van der Waals surface area (Å²) in [6.45, 7) is 4.66. The number of aromatic nitrogens is 5. The molecule has 2 aliphatic rings. The van der Waals surface area contributed by atoms with E-state index in [4.69, 9.17) is 4.74 Å². The second kappa shape index (κ2) is 10.5. The Morgan fingerprint density at radius 3 is 2.88 bits per heavy atom. The van der Waals surface area contributed by atoms with E-state index < -0.39 is 17.8 Å². The van der Waals surface area contributed by atoms with Crippen molar-refractivity contribution in [2.45, 2.75) is 32.6 Å². The SMILES string of the molecule is Cc1cnc(C(=O)NC2COc3ccc(CN4CCn5ncnc5C4)cc3N(C)C2=O)nc1-c1ccccc1F. The van der Waals surface area contributed by atoms with E-state index >= 15 is 0 Å². The number of carbonyl (C=O) groups excluding carboxylic acids is 2. The van der Waals surface area contributed by atoms with Crippen molar-refractivity contribution in [3.8, 4) is 17.0 Å². The highest BCUT2D eigenvalue weighted by Crippen LogP contribution is 2.32. The molecule has 0 fully saturated rings. The minimum Gasteiger partial charge on any atom is -0.489 e. The molecule has 2 amide bonds. The van der Waals surface area contributed by atoms with Crippen molar-refractivity contribution in [1.29, 1.82) is 0 Å². The number of ether oxygens (including phenoxy) is 1. The molecule has 12 heteroatoms. The molecule has 0 saturated heterocycles. The number of hydrogen-bond acceptors (Lipinski definition) is 8. The fraction of sp³-hybridized carbons (Fsp3) is 0.286. The van der Waals surface area contributed by atoms with Gasteiger partial charge in [0.25, 0.3) is 11.8 Å². The Bertz CT molecular complexity index is 1610. The summed E-state index contributed by atoms with van der Waals surface area (Å²) in [5, 5.41) is 6.91. The highest BCUT2D eigenvalue weighted by Gasteiger charge is 2.32. The van der Waals surface area contributed by atoms with Gasteiger partial charge < -0.3 is 15.0 Å². The lowest BCUT2D eigenvalue weighted by Crippen LogP contribution is -2.49. The van der Waals surface area contributed by atoms with Gasteiger partial charge in [0.05, 0.1) is 24.5 Å². The quantitative estimate of drug-likeness (QED) is 0.408. The predicted molar refractivity (Wildman–Crippen MR) is 143 cm³/mol. The molecule has 0 radical (unpaired) electrons. The second-order valence-electron chi connectivity index (χ2n) is 9.85. The third kappa shape index (κ3) is 4.89. The molecule has 6 rings (SSSR count). The third-order valence-corrected chi connectivity index (χ3v) is 7.12. The van der Waals surface area contributed by atoms with Crippen LogP contribution in [-0.4, -0.2) is 67.7 Å². The predicted octanol–water partition coefficient (Wildman–Crippen LogP) is 2.35. The van der Waals surface area contributed by atoms with Gasteiger partial charge in [-0.05, 0) is 42.3 Å². The van der Waals surface area contributed by atoms with Gasteiger partial charge in [-0.15, -0.1) is 0 Å². The van der Waals surface area contributed by atoms with Crippen LogP contribution < -0.4 is 15.0 Å². The molecule has 2 aromatic carbocycles. The number of amides is 2. The van der Waals surface area contributed by atoms with Crippen LogP contribution in [0, 0.1) is 12.7 Å². The Labute approximate surface area is 229 Å². The molecule has 0 saturated carbocycles. The monoisotopic (exact) mass is 542 g/mol. The number of rotatable bonds is 5. The van der Waals surface area contributed by atoms with E-state index in [9.17, 15) is 14.0 Å². The number of fused-ring (bicyclic) bond motifs is 2. The minimum absolute atomic E-state index is 0.0604. The van der Waals surface area contributed by atoms with Gasteiger partial charge in [0, 0.05) is 31.9 Å². The smallest absolute Gasteiger partial charge is 0.289 e. The van der Waals surface area contributed by atoms with Crippen LogP contribution in [0.2, 0.25) is 0 Å². The van der Waals surface area contributed by atoms with E-state index in [1.807, 2.05) is 22.9 Å². The molecule has 4 aromatic rings. The van der Waals surface area contributed by atoms with Crippen LogP contribution in [0.15, 0.2) is 55.0 Å². The maximum absolute atomic E-state index is 14.4. The molecule has 4 heterocycles. The van der Waals surface area contributed by atoms with E-state index in [1.54, 1.807) is 38.5 Å². The van der Waals surface area contributed by atoms with Gasteiger partial charge in [0.15, 0.2) is 0 Å². The molecule has 2 aliphatic heterocycles. The van der Waals surface area contributed by atoms with Gasteiger partial charge in [0.2, 0.25) is 5.82 Å². The van der Waals surface area contributed by atoms with Gasteiger partial charge in [-0.1, -0.05) is 18.2 Å². The summed E-state index contributed by atoms with van der Waals surface area (Å²) in [6.07, 6.45) is 3.03. The van der Waals surface area contributed by atoms with Crippen LogP contribution >= 0.6 is 0 Å². The molecule has 1 N–H and O–H groups in total. The lowest BCUT2D eigenvalue weighted by Gasteiger charge is -2.27. The van der Waals surface area contributed by atoms with Crippen LogP contribution in [0.1, 0.15) is 27.6 Å². The first kappa shape index (κ1) is 25.6. The Morgan fingerprint density at radius 1 is 1.18 bits per heavy atom. The van der Waals surface area contributed by atoms with E-state index in [0.29, 0.717) is 35.8 Å². The number of carbonyl (C=O) groups is 2. The summed E-state index contributed by atoms with van der Waals surface area (Å²) < 4.78 is 22.3. The molecule has 1 atom stereocenters. The van der Waals surface area contributed by atoms with Crippen LogP contribution in [0.3, 0.4) is 0 Å². The van der Waals surface area contributed by atoms with Gasteiger partial charge in [-0.3, -0.25) is 14.5 Å². The number of nitrogens with zero attached hydrogens (tertiary/aromatic N) is 7. The van der Waals surface area contributed by atoms with Crippen LogP contribution in [0.25, 0.3) is 11.3 Å². The topological polar surface area (TPSA) is 118 Å². The minimum atomic E-state index is -0.969. The van der Waals surface area contributed by atoms with Crippen molar-refractivity contribution >= 4 is 17.5 Å². The van der Waals surface area contributed by atoms with Crippen LogP contribution in [0.5, 0.6) is 5.75 Å². The van der Waals surface area contributed by atoms with Crippen molar-refractivity contribution in [3.63, 3.8) is 0 Å². The Morgan fingerprint density at radius 2 is 2.02 bits per heavy atom. The van der Waals surface area contributed by atoms with Gasteiger partial charge in [0.1, 0.15) is 36.4 Å². The summed E-state index contributed by atoms with van der Waals surface area (Å²) in [5.41, 5.74) is 2.84. The van der Waals surface area contributed by atoms with Crippen molar-refractivity contribution in [3.05, 3.63) is 83.6 Å². The summed E-state index contributed by atoms with van der Waals surface area (Å²) >= 11 is 0. The fourth-order valence-corrected chi connectivity index (χ4v) is 4.95. The first-order chi connectivity index (χ1) is 19.4. The average Bonchev–Trinajstić information content (AvgIpc) is 3.39. The first-order valence-corrected chi connectivity index (χ1v) is 12.9. The maximum atomic E-state index is 14.4. The summed E-state index contributed by atoms with van der Waals surface area (Å²) in [4.78, 5) is 43.0. The number of halogens is 1. The van der Waals surface area contributed by atoms with Crippen molar-refractivity contribution in [1.82, 2.24) is 34.9 Å². The second-order valence-corrected chi connectivity index (χ2v) is 9.85. The van der Waals surface area contributed by atoms with Gasteiger partial charge >= 0.3 is 0 Å². The standard InChI is InChI=1S/C28H27FN8O3/c1-17-12-30-26(34-25(17)19-5-3-4-6-20(19)29)27(38)33-21-15-40-23-8-7-18(11-22(23)35(2)28(21)39)13-36-9-10-37-24(14-36)31-16-32-37/h3-8,11-12,16,21H,9-10,13-15H2,1-2H3,(H,33,38). The van der Waals surface area contributed by atoms with Crippen LogP contribution in [0.4, 0.5) is 10.1 Å². The van der Waals surface area contributed by atoms with Crippen LogP contribution in [-0.2, 0) is 24.4 Å². The Kier molecular flexibility index (Phi) is 6.68. The van der Waals surface area contributed by atoms with E-state index in [-0.39, 0.29) is 23.9 Å². The zero-order valence-corrected chi connectivity index (χ0v) is 22.0. The zero-order chi connectivity index (χ0) is 27.8. The molecular weight excluding hydrogens is 515 g/mol. The highest BCUT2D eigenvalue weighted by molar-refractivity contribution is 6.02. The van der Waals surface area contributed by atoms with E-state index in [1.165, 1.54) is 17.2 Å². The number of nitrogens with one attached hydrogen (secondary N) is 1. The average molecular weight is 543 g/mol. The Balaban J connectivity index is 1.17. The van der Waals surface area contributed by atoms with Crippen molar-refractivity contribution in [2.24, 2.45) is 0 Å². The number of hydrogen-bond donors (Lipinski definition) is 1. The molecule has 11 nitrogen and oxygen atoms in total. The number of anilines is 1.